The highest BCUT2D eigenvalue weighted by Gasteiger charge is 2.11. The van der Waals surface area contributed by atoms with Crippen LogP contribution in [-0.2, 0) is 6.61 Å². The maximum atomic E-state index is 13.2. The summed E-state index contributed by atoms with van der Waals surface area (Å²) < 4.78 is 31.7. The van der Waals surface area contributed by atoms with Crippen molar-refractivity contribution in [1.29, 1.82) is 0 Å². The summed E-state index contributed by atoms with van der Waals surface area (Å²) in [4.78, 5) is 12.6. The number of carbonyl (C=O) groups is 1. The highest BCUT2D eigenvalue weighted by Crippen LogP contribution is 2.21. The molecule has 0 spiro atoms. The van der Waals surface area contributed by atoms with E-state index < -0.39 is 17.5 Å². The van der Waals surface area contributed by atoms with Crippen LogP contribution in [0.25, 0.3) is 0 Å². The van der Waals surface area contributed by atoms with E-state index in [2.05, 4.69) is 5.32 Å². The number of hydrogen-bond donors (Lipinski definition) is 1. The fourth-order valence-electron chi connectivity index (χ4n) is 2.03. The van der Waals surface area contributed by atoms with Crippen LogP contribution in [0.3, 0.4) is 0 Å². The van der Waals surface area contributed by atoms with Crippen molar-refractivity contribution in [2.45, 2.75) is 6.61 Å². The normalized spacial score (nSPS) is 10.5. The Morgan fingerprint density at radius 1 is 1.08 bits per heavy atom. The fraction of sp³-hybridized carbons (Fsp3) is 0.0556. The Hall–Kier alpha value is -2.44. The molecule has 0 aliphatic heterocycles. The van der Waals surface area contributed by atoms with Gasteiger partial charge in [0.15, 0.2) is 11.6 Å². The van der Waals surface area contributed by atoms with Crippen molar-refractivity contribution in [3.63, 3.8) is 0 Å². The molecule has 0 aliphatic carbocycles. The average molecular weight is 380 g/mol. The minimum absolute atomic E-state index is 0.191. The van der Waals surface area contributed by atoms with E-state index in [0.29, 0.717) is 22.3 Å². The molecular weight excluding hydrogens is 368 g/mol. The molecule has 0 bridgehead atoms. The Labute approximate surface area is 151 Å². The quantitative estimate of drug-likeness (QED) is 0.634. The molecule has 0 saturated carbocycles. The number of ether oxygens (including phenoxy) is 1. The van der Waals surface area contributed by atoms with Gasteiger partial charge in [-0.25, -0.2) is 8.78 Å². The number of carbonyl (C=O) groups excluding carboxylic acids is 1. The van der Waals surface area contributed by atoms with Gasteiger partial charge in [-0.2, -0.15) is 0 Å². The van der Waals surface area contributed by atoms with Crippen LogP contribution in [0, 0.1) is 11.6 Å². The molecule has 2 aromatic carbocycles. The van der Waals surface area contributed by atoms with Crippen molar-refractivity contribution >= 4 is 34.5 Å². The van der Waals surface area contributed by atoms with Crippen molar-refractivity contribution in [3.05, 3.63) is 81.0 Å². The van der Waals surface area contributed by atoms with Crippen LogP contribution in [0.5, 0.6) is 5.75 Å². The molecule has 3 aromatic rings. The van der Waals surface area contributed by atoms with E-state index in [9.17, 15) is 13.6 Å². The second kappa shape index (κ2) is 7.63. The topological polar surface area (TPSA) is 38.3 Å². The monoisotopic (exact) mass is 379 g/mol. The van der Waals surface area contributed by atoms with E-state index in [1.54, 1.807) is 35.7 Å². The summed E-state index contributed by atoms with van der Waals surface area (Å²) in [7, 11) is 0. The van der Waals surface area contributed by atoms with Crippen LogP contribution in [0.1, 0.15) is 15.2 Å². The summed E-state index contributed by atoms with van der Waals surface area (Å²) in [5, 5.41) is 4.95. The Kier molecular flexibility index (Phi) is 5.31. The van der Waals surface area contributed by atoms with E-state index in [-0.39, 0.29) is 5.69 Å². The highest BCUT2D eigenvalue weighted by atomic mass is 35.5. The summed E-state index contributed by atoms with van der Waals surface area (Å²) in [5.41, 5.74) is 1.02. The predicted octanol–water partition coefficient (Wildman–Crippen LogP) is 5.51. The molecule has 0 saturated heterocycles. The number of rotatable bonds is 5. The number of nitrogens with one attached hydrogen (secondary N) is 1. The van der Waals surface area contributed by atoms with Gasteiger partial charge in [0.2, 0.25) is 0 Å². The summed E-state index contributed by atoms with van der Waals surface area (Å²) in [6.07, 6.45) is 0. The lowest BCUT2D eigenvalue weighted by atomic mass is 10.2. The summed E-state index contributed by atoms with van der Waals surface area (Å²) >= 11 is 7.05. The molecule has 0 unspecified atom stereocenters. The van der Waals surface area contributed by atoms with Crippen LogP contribution >= 0.6 is 22.9 Å². The van der Waals surface area contributed by atoms with E-state index in [4.69, 9.17) is 16.3 Å². The third-order valence-electron chi connectivity index (χ3n) is 3.27. The van der Waals surface area contributed by atoms with Gasteiger partial charge in [0, 0.05) is 22.3 Å². The molecule has 1 amide bonds. The lowest BCUT2D eigenvalue weighted by Crippen LogP contribution is -2.10. The second-order valence-corrected chi connectivity index (χ2v) is 6.49. The lowest BCUT2D eigenvalue weighted by Gasteiger charge is -2.05. The average Bonchev–Trinajstić information content (AvgIpc) is 3.07. The van der Waals surface area contributed by atoms with E-state index in [1.165, 1.54) is 17.4 Å². The molecule has 1 aromatic heterocycles. The van der Waals surface area contributed by atoms with Gasteiger partial charge in [0.05, 0.1) is 4.88 Å². The van der Waals surface area contributed by atoms with Crippen molar-refractivity contribution in [3.8, 4) is 5.75 Å². The molecule has 1 N–H and O–H groups in total. The standard InChI is InChI=1S/C18H12ClF2NO2S/c19-12-1-4-14(5-2-12)24-9-11-7-17(25-10-11)18(23)22-13-3-6-15(20)16(21)8-13/h1-8,10H,9H2,(H,22,23). The van der Waals surface area contributed by atoms with Crippen molar-refractivity contribution in [1.82, 2.24) is 0 Å². The maximum absolute atomic E-state index is 13.2. The van der Waals surface area contributed by atoms with Gasteiger partial charge in [-0.3, -0.25) is 4.79 Å². The summed E-state index contributed by atoms with van der Waals surface area (Å²) in [6, 6.07) is 11.9. The first-order chi connectivity index (χ1) is 12.0. The smallest absolute Gasteiger partial charge is 0.265 e. The molecule has 7 heteroatoms. The molecule has 1 heterocycles. The Balaban J connectivity index is 1.61. The molecule has 0 atom stereocenters. The van der Waals surface area contributed by atoms with Gasteiger partial charge >= 0.3 is 0 Å². The van der Waals surface area contributed by atoms with Crippen LogP contribution < -0.4 is 10.1 Å². The van der Waals surface area contributed by atoms with E-state index in [1.807, 2.05) is 0 Å². The fourth-order valence-corrected chi connectivity index (χ4v) is 2.95. The molecule has 0 radical (unpaired) electrons. The first kappa shape index (κ1) is 17.4. The SMILES string of the molecule is O=C(Nc1ccc(F)c(F)c1)c1cc(COc2ccc(Cl)cc2)cs1. The lowest BCUT2D eigenvalue weighted by molar-refractivity contribution is 0.103. The van der Waals surface area contributed by atoms with E-state index in [0.717, 1.165) is 17.7 Å². The number of thiophene rings is 1. The van der Waals surface area contributed by atoms with Crippen LogP contribution in [-0.4, -0.2) is 5.91 Å². The van der Waals surface area contributed by atoms with Crippen molar-refractivity contribution < 1.29 is 18.3 Å². The van der Waals surface area contributed by atoms with Crippen LogP contribution in [0.2, 0.25) is 5.02 Å². The molecular formula is C18H12ClF2NO2S. The summed E-state index contributed by atoms with van der Waals surface area (Å²) in [6.45, 7) is 0.302. The Morgan fingerprint density at radius 2 is 1.84 bits per heavy atom. The van der Waals surface area contributed by atoms with Crippen molar-refractivity contribution in [2.24, 2.45) is 0 Å². The minimum atomic E-state index is -1.01. The van der Waals surface area contributed by atoms with Crippen LogP contribution in [0.15, 0.2) is 53.9 Å². The van der Waals surface area contributed by atoms with Crippen molar-refractivity contribution in [2.75, 3.05) is 5.32 Å². The van der Waals surface area contributed by atoms with Gasteiger partial charge in [-0.05, 0) is 47.8 Å². The Bertz CT molecular complexity index is 896. The zero-order chi connectivity index (χ0) is 17.8. The summed E-state index contributed by atoms with van der Waals surface area (Å²) in [5.74, 6) is -1.70. The van der Waals surface area contributed by atoms with Gasteiger partial charge in [-0.1, -0.05) is 11.6 Å². The number of anilines is 1. The molecule has 3 rings (SSSR count). The zero-order valence-electron chi connectivity index (χ0n) is 12.8. The second-order valence-electron chi connectivity index (χ2n) is 5.14. The number of amides is 1. The van der Waals surface area contributed by atoms with E-state index >= 15 is 0 Å². The van der Waals surface area contributed by atoms with Gasteiger partial charge in [0.25, 0.3) is 5.91 Å². The highest BCUT2D eigenvalue weighted by molar-refractivity contribution is 7.12. The van der Waals surface area contributed by atoms with Gasteiger partial charge in [-0.15, -0.1) is 11.3 Å². The molecule has 25 heavy (non-hydrogen) atoms. The molecule has 3 nitrogen and oxygen atoms in total. The number of halogens is 3. The predicted molar refractivity (Wildman–Crippen MR) is 94.4 cm³/mol. The van der Waals surface area contributed by atoms with Crippen LogP contribution in [0.4, 0.5) is 14.5 Å². The zero-order valence-corrected chi connectivity index (χ0v) is 14.3. The third kappa shape index (κ3) is 4.55. The minimum Gasteiger partial charge on any atom is -0.489 e. The molecule has 0 aliphatic rings. The first-order valence-electron chi connectivity index (χ1n) is 7.23. The largest absolute Gasteiger partial charge is 0.489 e. The Morgan fingerprint density at radius 3 is 2.56 bits per heavy atom. The molecule has 128 valence electrons. The number of benzene rings is 2. The maximum Gasteiger partial charge on any atom is 0.265 e. The first-order valence-corrected chi connectivity index (χ1v) is 8.49. The number of hydrogen-bond acceptors (Lipinski definition) is 3. The molecule has 0 fully saturated rings. The third-order valence-corrected chi connectivity index (χ3v) is 4.50. The van der Waals surface area contributed by atoms with Gasteiger partial charge in [0.1, 0.15) is 12.4 Å². The van der Waals surface area contributed by atoms with Gasteiger partial charge < -0.3 is 10.1 Å².